The van der Waals surface area contributed by atoms with Crippen LogP contribution < -0.4 is 5.32 Å². The van der Waals surface area contributed by atoms with Crippen LogP contribution in [0, 0.1) is 0 Å². The van der Waals surface area contributed by atoms with E-state index in [1.165, 1.54) is 0 Å². The monoisotopic (exact) mass is 303 g/mol. The van der Waals surface area contributed by atoms with Gasteiger partial charge in [0.05, 0.1) is 11.6 Å². The number of amides is 1. The third-order valence-electron chi connectivity index (χ3n) is 3.26. The minimum atomic E-state index is -0.941. The third-order valence-corrected chi connectivity index (χ3v) is 3.96. The Morgan fingerprint density at radius 1 is 1.24 bits per heavy atom. The van der Waals surface area contributed by atoms with E-state index in [0.717, 1.165) is 11.1 Å². The molecule has 0 bridgehead atoms. The quantitative estimate of drug-likeness (QED) is 0.861. The lowest BCUT2D eigenvalue weighted by atomic mass is 10.1. The number of carboxylic acid groups (broad SMARTS) is 1. The van der Waals surface area contributed by atoms with Crippen LogP contribution in [-0.4, -0.2) is 17.0 Å². The van der Waals surface area contributed by atoms with Gasteiger partial charge in [-0.2, -0.15) is 11.3 Å². The zero-order chi connectivity index (χ0) is 15.2. The Morgan fingerprint density at radius 2 is 1.95 bits per heavy atom. The number of nitrogens with one attached hydrogen (secondary N) is 1. The molecule has 0 saturated heterocycles. The summed E-state index contributed by atoms with van der Waals surface area (Å²) in [6.45, 7) is 1.96. The second-order valence-electron chi connectivity index (χ2n) is 4.85. The Balaban J connectivity index is 1.82. The molecule has 5 heteroatoms. The van der Waals surface area contributed by atoms with Crippen molar-refractivity contribution in [1.82, 2.24) is 5.32 Å². The van der Waals surface area contributed by atoms with E-state index in [1.54, 1.807) is 35.6 Å². The number of carbonyl (C=O) groups is 2. The molecule has 1 amide bonds. The Kier molecular flexibility index (Phi) is 5.11. The molecule has 0 spiro atoms. The summed E-state index contributed by atoms with van der Waals surface area (Å²) in [5, 5.41) is 15.8. The maximum Gasteiger partial charge on any atom is 0.335 e. The van der Waals surface area contributed by atoms with Crippen LogP contribution >= 0.6 is 11.3 Å². The number of carbonyl (C=O) groups excluding carboxylic acids is 1. The summed E-state index contributed by atoms with van der Waals surface area (Å²) in [6.07, 6.45) is 0.989. The van der Waals surface area contributed by atoms with Crippen molar-refractivity contribution in [1.29, 1.82) is 0 Å². The van der Waals surface area contributed by atoms with E-state index in [4.69, 9.17) is 5.11 Å². The summed E-state index contributed by atoms with van der Waals surface area (Å²) in [5.74, 6) is -0.945. The molecule has 1 unspecified atom stereocenters. The number of carboxylic acids is 1. The zero-order valence-corrected chi connectivity index (χ0v) is 12.5. The van der Waals surface area contributed by atoms with E-state index >= 15 is 0 Å². The molecule has 0 aliphatic heterocycles. The number of rotatable bonds is 6. The van der Waals surface area contributed by atoms with Crippen LogP contribution in [-0.2, 0) is 11.2 Å². The smallest absolute Gasteiger partial charge is 0.335 e. The molecular weight excluding hydrogens is 286 g/mol. The Hall–Kier alpha value is -2.14. The molecule has 2 aromatic rings. The van der Waals surface area contributed by atoms with Gasteiger partial charge >= 0.3 is 5.97 Å². The van der Waals surface area contributed by atoms with Gasteiger partial charge in [-0.05, 0) is 53.4 Å². The number of hydrogen-bond donors (Lipinski definition) is 2. The molecule has 0 fully saturated rings. The SMILES string of the molecule is CC(NC(=O)CCc1ccc(C(=O)O)cc1)c1ccsc1. The molecule has 1 atom stereocenters. The van der Waals surface area contributed by atoms with Gasteiger partial charge in [-0.15, -0.1) is 0 Å². The highest BCUT2D eigenvalue weighted by Crippen LogP contribution is 2.15. The largest absolute Gasteiger partial charge is 0.478 e. The van der Waals surface area contributed by atoms with Gasteiger partial charge in [0.25, 0.3) is 0 Å². The molecule has 1 aromatic heterocycles. The maximum atomic E-state index is 11.9. The van der Waals surface area contributed by atoms with Gasteiger partial charge in [0.15, 0.2) is 0 Å². The fraction of sp³-hybridized carbons (Fsp3) is 0.250. The van der Waals surface area contributed by atoms with Crippen LogP contribution in [0.5, 0.6) is 0 Å². The molecule has 2 N–H and O–H groups in total. The highest BCUT2D eigenvalue weighted by Gasteiger charge is 2.10. The van der Waals surface area contributed by atoms with Crippen molar-refractivity contribution in [3.05, 3.63) is 57.8 Å². The summed E-state index contributed by atoms with van der Waals surface area (Å²) < 4.78 is 0. The Bertz CT molecular complexity index is 605. The predicted molar refractivity (Wildman–Crippen MR) is 82.6 cm³/mol. The molecule has 0 aliphatic rings. The molecular formula is C16H17NO3S. The van der Waals surface area contributed by atoms with Crippen LogP contribution in [0.3, 0.4) is 0 Å². The molecule has 1 heterocycles. The van der Waals surface area contributed by atoms with E-state index in [2.05, 4.69) is 5.32 Å². The first kappa shape index (κ1) is 15.3. The van der Waals surface area contributed by atoms with Crippen molar-refractivity contribution in [2.75, 3.05) is 0 Å². The average molecular weight is 303 g/mol. The minimum absolute atomic E-state index is 0.00369. The molecule has 1 aromatic carbocycles. The maximum absolute atomic E-state index is 11.9. The third kappa shape index (κ3) is 4.43. The van der Waals surface area contributed by atoms with Crippen molar-refractivity contribution >= 4 is 23.2 Å². The predicted octanol–water partition coefficient (Wildman–Crippen LogP) is 3.26. The summed E-state index contributed by atoms with van der Waals surface area (Å²) in [4.78, 5) is 22.6. The van der Waals surface area contributed by atoms with Gasteiger partial charge in [0.1, 0.15) is 0 Å². The second kappa shape index (κ2) is 7.04. The first-order chi connectivity index (χ1) is 10.1. The normalized spacial score (nSPS) is 11.9. The fourth-order valence-corrected chi connectivity index (χ4v) is 2.74. The molecule has 110 valence electrons. The first-order valence-corrected chi connectivity index (χ1v) is 7.64. The number of aromatic carboxylic acids is 1. The van der Waals surface area contributed by atoms with Crippen LogP contribution in [0.15, 0.2) is 41.1 Å². The second-order valence-corrected chi connectivity index (χ2v) is 5.63. The molecule has 0 aliphatic carbocycles. The summed E-state index contributed by atoms with van der Waals surface area (Å²) in [6, 6.07) is 8.63. The van der Waals surface area contributed by atoms with Gasteiger partial charge in [0, 0.05) is 6.42 Å². The van der Waals surface area contributed by atoms with Crippen LogP contribution in [0.1, 0.15) is 40.9 Å². The zero-order valence-electron chi connectivity index (χ0n) is 11.7. The van der Waals surface area contributed by atoms with Crippen LogP contribution in [0.25, 0.3) is 0 Å². The van der Waals surface area contributed by atoms with Gasteiger partial charge < -0.3 is 10.4 Å². The van der Waals surface area contributed by atoms with Gasteiger partial charge in [-0.3, -0.25) is 4.79 Å². The van der Waals surface area contributed by atoms with Crippen LogP contribution in [0.4, 0.5) is 0 Å². The van der Waals surface area contributed by atoms with E-state index in [9.17, 15) is 9.59 Å². The van der Waals surface area contributed by atoms with Crippen molar-refractivity contribution in [2.45, 2.75) is 25.8 Å². The van der Waals surface area contributed by atoms with E-state index < -0.39 is 5.97 Å². The minimum Gasteiger partial charge on any atom is -0.478 e. The molecule has 0 saturated carbocycles. The van der Waals surface area contributed by atoms with E-state index in [1.807, 2.05) is 23.8 Å². The van der Waals surface area contributed by atoms with Crippen molar-refractivity contribution in [3.8, 4) is 0 Å². The lowest BCUT2D eigenvalue weighted by Crippen LogP contribution is -2.26. The van der Waals surface area contributed by atoms with Crippen molar-refractivity contribution < 1.29 is 14.7 Å². The summed E-state index contributed by atoms with van der Waals surface area (Å²) in [5.41, 5.74) is 2.33. The van der Waals surface area contributed by atoms with Gasteiger partial charge in [-0.25, -0.2) is 4.79 Å². The molecule has 4 nitrogen and oxygen atoms in total. The van der Waals surface area contributed by atoms with Gasteiger partial charge in [-0.1, -0.05) is 12.1 Å². The number of hydrogen-bond acceptors (Lipinski definition) is 3. The Morgan fingerprint density at radius 3 is 2.52 bits per heavy atom. The average Bonchev–Trinajstić information content (AvgIpc) is 3.00. The standard InChI is InChI=1S/C16H17NO3S/c1-11(14-8-9-21-10-14)17-15(18)7-4-12-2-5-13(6-3-12)16(19)20/h2-3,5-6,8-11H,4,7H2,1H3,(H,17,18)(H,19,20). The topological polar surface area (TPSA) is 66.4 Å². The number of benzene rings is 1. The number of thiophene rings is 1. The molecule has 21 heavy (non-hydrogen) atoms. The summed E-state index contributed by atoms with van der Waals surface area (Å²) >= 11 is 1.61. The summed E-state index contributed by atoms with van der Waals surface area (Å²) in [7, 11) is 0. The van der Waals surface area contributed by atoms with Crippen molar-refractivity contribution in [2.24, 2.45) is 0 Å². The lowest BCUT2D eigenvalue weighted by molar-refractivity contribution is -0.121. The van der Waals surface area contributed by atoms with Crippen molar-refractivity contribution in [3.63, 3.8) is 0 Å². The fourth-order valence-electron chi connectivity index (χ4n) is 1.99. The highest BCUT2D eigenvalue weighted by molar-refractivity contribution is 7.07. The Labute approximate surface area is 127 Å². The highest BCUT2D eigenvalue weighted by atomic mass is 32.1. The van der Waals surface area contributed by atoms with E-state index in [-0.39, 0.29) is 17.5 Å². The van der Waals surface area contributed by atoms with Crippen LogP contribution in [0.2, 0.25) is 0 Å². The number of aryl methyl sites for hydroxylation is 1. The molecule has 0 radical (unpaired) electrons. The van der Waals surface area contributed by atoms with Gasteiger partial charge in [0.2, 0.25) is 5.91 Å². The first-order valence-electron chi connectivity index (χ1n) is 6.70. The van der Waals surface area contributed by atoms with E-state index in [0.29, 0.717) is 12.8 Å². The lowest BCUT2D eigenvalue weighted by Gasteiger charge is -2.12. The molecule has 2 rings (SSSR count).